The number of thiazole rings is 1. The van der Waals surface area contributed by atoms with E-state index in [2.05, 4.69) is 15.2 Å². The molecule has 1 aromatic heterocycles. The molecule has 0 saturated carbocycles. The molecular weight excluding hydrogens is 476 g/mol. The number of amides is 1. The van der Waals surface area contributed by atoms with Crippen LogP contribution in [0.25, 0.3) is 10.6 Å². The fraction of sp³-hybridized carbons (Fsp3) is 0.435. The first-order valence-electron chi connectivity index (χ1n) is 11.4. The highest BCUT2D eigenvalue weighted by Gasteiger charge is 2.26. The van der Waals surface area contributed by atoms with E-state index in [0.29, 0.717) is 43.8 Å². The lowest BCUT2D eigenvalue weighted by Gasteiger charge is -2.29. The maximum absolute atomic E-state index is 14.2. The molecule has 2 aromatic rings. The van der Waals surface area contributed by atoms with E-state index in [1.165, 1.54) is 12.3 Å². The molecule has 2 saturated heterocycles. The van der Waals surface area contributed by atoms with Crippen molar-refractivity contribution in [3.8, 4) is 10.6 Å². The molecular formula is C23H29F2N7O2S. The average molecular weight is 506 g/mol. The van der Waals surface area contributed by atoms with Crippen molar-refractivity contribution in [2.24, 2.45) is 22.4 Å². The molecule has 0 radical (unpaired) electrons. The minimum atomic E-state index is -0.790. The Morgan fingerprint density at radius 3 is 2.69 bits per heavy atom. The number of carbonyl (C=O) groups excluding carboxylic acids is 1. The standard InChI is InChI=1S/C23H29F2N7O2S/c24-15-4-1-5-16(25)18(15)23-31-19(20(28)35-23)22(33)30-17(9-26)21(29-10-13-11-34-12-13)32-7-2-3-14(27)6-8-32/h1,4-5,9,13-14H,2-3,6-8,10-12,26-28H2,(H,30,33)/b17-9+,29-21?/t14-/m1/s1. The lowest BCUT2D eigenvalue weighted by molar-refractivity contribution is -0.0266. The summed E-state index contributed by atoms with van der Waals surface area (Å²) in [7, 11) is 0. The van der Waals surface area contributed by atoms with Crippen LogP contribution >= 0.6 is 11.3 Å². The van der Waals surface area contributed by atoms with Crippen molar-refractivity contribution < 1.29 is 18.3 Å². The molecule has 35 heavy (non-hydrogen) atoms. The summed E-state index contributed by atoms with van der Waals surface area (Å²) < 4.78 is 33.7. The summed E-state index contributed by atoms with van der Waals surface area (Å²) in [6.07, 6.45) is 3.85. The second kappa shape index (κ2) is 11.1. The second-order valence-electron chi connectivity index (χ2n) is 8.61. The number of hydrogen-bond donors (Lipinski definition) is 4. The highest BCUT2D eigenvalue weighted by Crippen LogP contribution is 2.33. The van der Waals surface area contributed by atoms with E-state index in [0.717, 1.165) is 49.3 Å². The zero-order valence-electron chi connectivity index (χ0n) is 19.2. The molecule has 1 atom stereocenters. The molecule has 2 fully saturated rings. The Bertz CT molecular complexity index is 1110. The molecule has 12 heteroatoms. The molecule has 3 heterocycles. The molecule has 188 valence electrons. The fourth-order valence-corrected chi connectivity index (χ4v) is 4.83. The highest BCUT2D eigenvalue weighted by atomic mass is 32.1. The first-order valence-corrected chi connectivity index (χ1v) is 12.3. The molecule has 2 aliphatic rings. The smallest absolute Gasteiger partial charge is 0.277 e. The maximum atomic E-state index is 14.2. The average Bonchev–Trinajstić information content (AvgIpc) is 3.04. The third kappa shape index (κ3) is 5.77. The van der Waals surface area contributed by atoms with Crippen LogP contribution < -0.4 is 22.5 Å². The Kier molecular flexibility index (Phi) is 7.93. The van der Waals surface area contributed by atoms with Gasteiger partial charge in [-0.05, 0) is 31.4 Å². The van der Waals surface area contributed by atoms with E-state index < -0.39 is 17.5 Å². The summed E-state index contributed by atoms with van der Waals surface area (Å²) in [6.45, 7) is 3.20. The summed E-state index contributed by atoms with van der Waals surface area (Å²) in [5, 5.41) is 2.75. The Hall–Kier alpha value is -3.09. The molecule has 1 amide bonds. The van der Waals surface area contributed by atoms with Gasteiger partial charge in [0.2, 0.25) is 0 Å². The van der Waals surface area contributed by atoms with Crippen LogP contribution in [0.15, 0.2) is 35.1 Å². The van der Waals surface area contributed by atoms with Crippen LogP contribution in [-0.2, 0) is 4.74 Å². The molecule has 0 spiro atoms. The number of nitrogen functional groups attached to an aromatic ring is 1. The van der Waals surface area contributed by atoms with Crippen molar-refractivity contribution in [2.45, 2.75) is 25.3 Å². The van der Waals surface area contributed by atoms with Crippen LogP contribution in [0, 0.1) is 17.6 Å². The number of carbonyl (C=O) groups is 1. The van der Waals surface area contributed by atoms with Crippen LogP contribution in [-0.4, -0.2) is 60.5 Å². The first-order chi connectivity index (χ1) is 16.9. The van der Waals surface area contributed by atoms with E-state index >= 15 is 0 Å². The molecule has 9 nitrogen and oxygen atoms in total. The number of benzene rings is 1. The lowest BCUT2D eigenvalue weighted by Crippen LogP contribution is -2.41. The van der Waals surface area contributed by atoms with Gasteiger partial charge in [0.15, 0.2) is 5.69 Å². The van der Waals surface area contributed by atoms with Gasteiger partial charge in [0.25, 0.3) is 5.91 Å². The van der Waals surface area contributed by atoms with E-state index in [1.807, 2.05) is 0 Å². The van der Waals surface area contributed by atoms with Gasteiger partial charge in [-0.2, -0.15) is 0 Å². The largest absolute Gasteiger partial charge is 0.403 e. The highest BCUT2D eigenvalue weighted by molar-refractivity contribution is 7.19. The fourth-order valence-electron chi connectivity index (χ4n) is 3.95. The Balaban J connectivity index is 1.57. The lowest BCUT2D eigenvalue weighted by atomic mass is 10.1. The third-order valence-corrected chi connectivity index (χ3v) is 6.88. The molecule has 0 bridgehead atoms. The van der Waals surface area contributed by atoms with Gasteiger partial charge in [-0.15, -0.1) is 0 Å². The summed E-state index contributed by atoms with van der Waals surface area (Å²) in [5.74, 6) is -1.37. The van der Waals surface area contributed by atoms with Crippen molar-refractivity contribution in [1.82, 2.24) is 15.2 Å². The van der Waals surface area contributed by atoms with E-state index in [1.54, 1.807) is 0 Å². The number of hydrogen-bond acceptors (Lipinski definition) is 8. The Labute approximate surface area is 206 Å². The molecule has 2 aliphatic heterocycles. The number of nitrogens with two attached hydrogens (primary N) is 3. The number of nitrogens with one attached hydrogen (secondary N) is 1. The third-order valence-electron chi connectivity index (χ3n) is 5.98. The molecule has 7 N–H and O–H groups in total. The van der Waals surface area contributed by atoms with E-state index in [9.17, 15) is 13.6 Å². The van der Waals surface area contributed by atoms with Gasteiger partial charge in [0, 0.05) is 37.8 Å². The second-order valence-corrected chi connectivity index (χ2v) is 9.64. The van der Waals surface area contributed by atoms with Crippen LogP contribution in [0.2, 0.25) is 0 Å². The minimum absolute atomic E-state index is 0.0260. The van der Waals surface area contributed by atoms with Gasteiger partial charge in [0.1, 0.15) is 27.5 Å². The molecule has 1 aromatic carbocycles. The summed E-state index contributed by atoms with van der Waals surface area (Å²) in [6, 6.07) is 3.60. The Morgan fingerprint density at radius 2 is 2.03 bits per heavy atom. The zero-order chi connectivity index (χ0) is 24.9. The number of aromatic nitrogens is 1. The van der Waals surface area contributed by atoms with Crippen LogP contribution in [0.3, 0.4) is 0 Å². The van der Waals surface area contributed by atoms with E-state index in [4.69, 9.17) is 26.9 Å². The molecule has 0 aliphatic carbocycles. The number of aliphatic imine (C=N–C) groups is 1. The SMILES string of the molecule is N/C=C(/NC(=O)c1nc(-c2c(F)cccc2F)sc1N)C(=NCC1COC1)N1CCC[C@@H](N)CC1. The van der Waals surface area contributed by atoms with E-state index in [-0.39, 0.29) is 27.3 Å². The maximum Gasteiger partial charge on any atom is 0.277 e. The number of ether oxygens (including phenoxy) is 1. The summed E-state index contributed by atoms with van der Waals surface area (Å²) >= 11 is 0.830. The van der Waals surface area contributed by atoms with Gasteiger partial charge in [-0.1, -0.05) is 17.4 Å². The van der Waals surface area contributed by atoms with Crippen LogP contribution in [0.1, 0.15) is 29.8 Å². The van der Waals surface area contributed by atoms with Gasteiger partial charge >= 0.3 is 0 Å². The number of rotatable bonds is 6. The number of nitrogens with zero attached hydrogens (tertiary/aromatic N) is 3. The number of likely N-dealkylation sites (tertiary alicyclic amines) is 1. The zero-order valence-corrected chi connectivity index (χ0v) is 20.0. The van der Waals surface area contributed by atoms with Gasteiger partial charge in [0.05, 0.1) is 24.5 Å². The summed E-state index contributed by atoms with van der Waals surface area (Å²) in [5.41, 5.74) is 17.9. The molecule has 4 rings (SSSR count). The van der Waals surface area contributed by atoms with Crippen molar-refractivity contribution in [2.75, 3.05) is 38.6 Å². The van der Waals surface area contributed by atoms with Gasteiger partial charge < -0.3 is 32.2 Å². The predicted octanol–water partition coefficient (Wildman–Crippen LogP) is 2.06. The number of anilines is 1. The summed E-state index contributed by atoms with van der Waals surface area (Å²) in [4.78, 5) is 24.1. The number of halogens is 2. The van der Waals surface area contributed by atoms with Crippen molar-refractivity contribution >= 4 is 28.1 Å². The Morgan fingerprint density at radius 1 is 1.29 bits per heavy atom. The minimum Gasteiger partial charge on any atom is -0.403 e. The quantitative estimate of drug-likeness (QED) is 0.347. The van der Waals surface area contributed by atoms with Crippen molar-refractivity contribution in [1.29, 1.82) is 0 Å². The molecule has 0 unspecified atom stereocenters. The van der Waals surface area contributed by atoms with Crippen LogP contribution in [0.5, 0.6) is 0 Å². The van der Waals surface area contributed by atoms with Crippen LogP contribution in [0.4, 0.5) is 13.8 Å². The topological polar surface area (TPSA) is 145 Å². The van der Waals surface area contributed by atoms with Gasteiger partial charge in [-0.25, -0.2) is 13.8 Å². The van der Waals surface area contributed by atoms with Gasteiger partial charge in [-0.3, -0.25) is 9.79 Å². The predicted molar refractivity (Wildman–Crippen MR) is 132 cm³/mol. The number of amidine groups is 1. The van der Waals surface area contributed by atoms with Crippen molar-refractivity contribution in [3.05, 3.63) is 47.4 Å². The first kappa shape index (κ1) is 25.0. The van der Waals surface area contributed by atoms with Crippen molar-refractivity contribution in [3.63, 3.8) is 0 Å². The normalized spacial score (nSPS) is 19.9. The monoisotopic (exact) mass is 505 g/mol.